The summed E-state index contributed by atoms with van der Waals surface area (Å²) in [5.41, 5.74) is 5.59. The van der Waals surface area contributed by atoms with Gasteiger partial charge in [-0.2, -0.15) is 0 Å². The summed E-state index contributed by atoms with van der Waals surface area (Å²) < 4.78 is 7.83. The SMILES string of the molecule is Cc1cccc(N2C[C@H](c3nc4ccccc4n3CCN3CCOCC3)CC2=O)c1C. The van der Waals surface area contributed by atoms with Crippen LogP contribution in [0.1, 0.15) is 29.3 Å². The van der Waals surface area contributed by atoms with E-state index in [-0.39, 0.29) is 11.8 Å². The van der Waals surface area contributed by atoms with Crippen molar-refractivity contribution in [3.8, 4) is 0 Å². The summed E-state index contributed by atoms with van der Waals surface area (Å²) in [6.07, 6.45) is 0.508. The van der Waals surface area contributed by atoms with Crippen LogP contribution in [0.15, 0.2) is 42.5 Å². The molecule has 3 heterocycles. The van der Waals surface area contributed by atoms with Crippen LogP contribution in [0.5, 0.6) is 0 Å². The van der Waals surface area contributed by atoms with E-state index in [2.05, 4.69) is 53.6 Å². The van der Waals surface area contributed by atoms with Gasteiger partial charge in [0, 0.05) is 50.7 Å². The molecule has 5 rings (SSSR count). The van der Waals surface area contributed by atoms with Gasteiger partial charge in [-0.1, -0.05) is 24.3 Å². The summed E-state index contributed by atoms with van der Waals surface area (Å²) in [4.78, 5) is 22.4. The molecule has 2 aromatic carbocycles. The van der Waals surface area contributed by atoms with Crippen LogP contribution < -0.4 is 4.90 Å². The predicted octanol–water partition coefficient (Wildman–Crippen LogP) is 3.51. The summed E-state index contributed by atoms with van der Waals surface area (Å²) in [6.45, 7) is 10.3. The zero-order valence-electron chi connectivity index (χ0n) is 18.4. The van der Waals surface area contributed by atoms with Gasteiger partial charge in [-0.25, -0.2) is 4.98 Å². The third-order valence-corrected chi connectivity index (χ3v) is 6.78. The van der Waals surface area contributed by atoms with E-state index in [1.807, 2.05) is 17.0 Å². The molecule has 0 spiro atoms. The van der Waals surface area contributed by atoms with Gasteiger partial charge >= 0.3 is 0 Å². The molecule has 0 N–H and O–H groups in total. The Morgan fingerprint density at radius 3 is 2.68 bits per heavy atom. The Balaban J connectivity index is 1.44. The number of anilines is 1. The quantitative estimate of drug-likeness (QED) is 0.636. The molecule has 0 radical (unpaired) electrons. The fourth-order valence-corrected chi connectivity index (χ4v) is 4.85. The minimum absolute atomic E-state index is 0.101. The Kier molecular flexibility index (Phi) is 5.50. The Morgan fingerprint density at radius 1 is 1.03 bits per heavy atom. The number of rotatable bonds is 5. The molecule has 2 aliphatic rings. The van der Waals surface area contributed by atoms with E-state index in [1.165, 1.54) is 11.1 Å². The molecule has 162 valence electrons. The van der Waals surface area contributed by atoms with Crippen molar-refractivity contribution in [1.29, 1.82) is 0 Å². The number of hydrogen-bond donors (Lipinski definition) is 0. The molecular formula is C25H30N4O2. The van der Waals surface area contributed by atoms with Gasteiger partial charge in [-0.15, -0.1) is 0 Å². The lowest BCUT2D eigenvalue weighted by molar-refractivity contribution is -0.117. The maximum atomic E-state index is 13.0. The van der Waals surface area contributed by atoms with Gasteiger partial charge < -0.3 is 14.2 Å². The van der Waals surface area contributed by atoms with E-state index in [1.54, 1.807) is 0 Å². The third kappa shape index (κ3) is 3.86. The van der Waals surface area contributed by atoms with Crippen LogP contribution in [0, 0.1) is 13.8 Å². The summed E-state index contributed by atoms with van der Waals surface area (Å²) in [5, 5.41) is 0. The van der Waals surface area contributed by atoms with Gasteiger partial charge in [-0.05, 0) is 43.2 Å². The van der Waals surface area contributed by atoms with Crippen LogP contribution in [0.25, 0.3) is 11.0 Å². The number of amides is 1. The fraction of sp³-hybridized carbons (Fsp3) is 0.440. The molecule has 1 amide bonds. The summed E-state index contributed by atoms with van der Waals surface area (Å²) in [6, 6.07) is 14.5. The average Bonchev–Trinajstić information content (AvgIpc) is 3.35. The number of morpholine rings is 1. The van der Waals surface area contributed by atoms with Crippen molar-refractivity contribution in [3.63, 3.8) is 0 Å². The molecule has 3 aromatic rings. The molecule has 6 nitrogen and oxygen atoms in total. The molecule has 0 unspecified atom stereocenters. The highest BCUT2D eigenvalue weighted by Gasteiger charge is 2.35. The molecule has 1 atom stereocenters. The van der Waals surface area contributed by atoms with Crippen molar-refractivity contribution in [2.75, 3.05) is 44.3 Å². The maximum Gasteiger partial charge on any atom is 0.227 e. The molecule has 31 heavy (non-hydrogen) atoms. The summed E-state index contributed by atoms with van der Waals surface area (Å²) >= 11 is 0. The lowest BCUT2D eigenvalue weighted by Crippen LogP contribution is -2.38. The average molecular weight is 419 g/mol. The van der Waals surface area contributed by atoms with Crippen LogP contribution in [0.3, 0.4) is 0 Å². The second-order valence-electron chi connectivity index (χ2n) is 8.69. The summed E-state index contributed by atoms with van der Waals surface area (Å²) in [7, 11) is 0. The highest BCUT2D eigenvalue weighted by atomic mass is 16.5. The predicted molar refractivity (Wildman–Crippen MR) is 123 cm³/mol. The van der Waals surface area contributed by atoms with Crippen molar-refractivity contribution in [1.82, 2.24) is 14.5 Å². The summed E-state index contributed by atoms with van der Waals surface area (Å²) in [5.74, 6) is 1.32. The minimum Gasteiger partial charge on any atom is -0.379 e. The van der Waals surface area contributed by atoms with Crippen LogP contribution in [-0.4, -0.2) is 59.8 Å². The van der Waals surface area contributed by atoms with Gasteiger partial charge in [0.1, 0.15) is 5.82 Å². The number of nitrogens with zero attached hydrogens (tertiary/aromatic N) is 4. The van der Waals surface area contributed by atoms with Crippen molar-refractivity contribution in [2.24, 2.45) is 0 Å². The standard InChI is InChI=1S/C25H30N4O2/c1-18-6-5-9-22(19(18)2)29-17-20(16-24(29)30)25-26-21-7-3-4-8-23(21)28(25)11-10-27-12-14-31-15-13-27/h3-9,20H,10-17H2,1-2H3/t20-/m1/s1. The largest absolute Gasteiger partial charge is 0.379 e. The number of hydrogen-bond acceptors (Lipinski definition) is 4. The zero-order chi connectivity index (χ0) is 21.4. The topological polar surface area (TPSA) is 50.6 Å². The number of imidazole rings is 1. The van der Waals surface area contributed by atoms with E-state index in [9.17, 15) is 4.79 Å². The molecule has 0 saturated carbocycles. The van der Waals surface area contributed by atoms with Crippen molar-refractivity contribution < 1.29 is 9.53 Å². The number of fused-ring (bicyclic) bond motifs is 1. The van der Waals surface area contributed by atoms with Gasteiger partial charge in [0.15, 0.2) is 0 Å². The maximum absolute atomic E-state index is 13.0. The molecule has 2 fully saturated rings. The molecule has 2 aliphatic heterocycles. The van der Waals surface area contributed by atoms with Gasteiger partial charge in [-0.3, -0.25) is 9.69 Å². The fourth-order valence-electron chi connectivity index (χ4n) is 4.85. The van der Waals surface area contributed by atoms with Crippen LogP contribution in [0.4, 0.5) is 5.69 Å². The van der Waals surface area contributed by atoms with Crippen molar-refractivity contribution in [3.05, 3.63) is 59.4 Å². The van der Waals surface area contributed by atoms with Gasteiger partial charge in [0.2, 0.25) is 5.91 Å². The number of benzene rings is 2. The Hall–Kier alpha value is -2.70. The van der Waals surface area contributed by atoms with Gasteiger partial charge in [0.05, 0.1) is 24.2 Å². The van der Waals surface area contributed by atoms with E-state index in [0.717, 1.165) is 61.9 Å². The van der Waals surface area contributed by atoms with Crippen molar-refractivity contribution >= 4 is 22.6 Å². The van der Waals surface area contributed by atoms with Gasteiger partial charge in [0.25, 0.3) is 0 Å². The highest BCUT2D eigenvalue weighted by molar-refractivity contribution is 5.97. The third-order valence-electron chi connectivity index (χ3n) is 6.78. The van der Waals surface area contributed by atoms with Crippen LogP contribution in [0.2, 0.25) is 0 Å². The molecule has 0 bridgehead atoms. The first-order valence-electron chi connectivity index (χ1n) is 11.2. The molecule has 1 aromatic heterocycles. The van der Waals surface area contributed by atoms with E-state index in [0.29, 0.717) is 13.0 Å². The molecule has 2 saturated heterocycles. The Morgan fingerprint density at radius 2 is 1.84 bits per heavy atom. The Labute approximate surface area is 183 Å². The molecule has 0 aliphatic carbocycles. The van der Waals surface area contributed by atoms with E-state index < -0.39 is 0 Å². The monoisotopic (exact) mass is 418 g/mol. The number of aromatic nitrogens is 2. The number of para-hydroxylation sites is 2. The smallest absolute Gasteiger partial charge is 0.227 e. The minimum atomic E-state index is 0.101. The van der Waals surface area contributed by atoms with Crippen LogP contribution in [-0.2, 0) is 16.1 Å². The second-order valence-corrected chi connectivity index (χ2v) is 8.69. The number of carbonyl (C=O) groups is 1. The Bertz CT molecular complexity index is 1100. The highest BCUT2D eigenvalue weighted by Crippen LogP contribution is 2.35. The lowest BCUT2D eigenvalue weighted by Gasteiger charge is -2.27. The molecule has 6 heteroatoms. The molecular weight excluding hydrogens is 388 g/mol. The van der Waals surface area contributed by atoms with Crippen LogP contribution >= 0.6 is 0 Å². The second kappa shape index (κ2) is 8.44. The first-order chi connectivity index (χ1) is 15.1. The normalized spacial score (nSPS) is 20.1. The van der Waals surface area contributed by atoms with E-state index >= 15 is 0 Å². The zero-order valence-corrected chi connectivity index (χ0v) is 18.4. The van der Waals surface area contributed by atoms with Crippen molar-refractivity contribution in [2.45, 2.75) is 32.7 Å². The number of aryl methyl sites for hydroxylation is 1. The van der Waals surface area contributed by atoms with E-state index in [4.69, 9.17) is 9.72 Å². The first-order valence-corrected chi connectivity index (χ1v) is 11.2. The number of ether oxygens (including phenoxy) is 1. The number of carbonyl (C=O) groups excluding carboxylic acids is 1. The lowest BCUT2D eigenvalue weighted by atomic mass is 10.1. The first kappa shape index (κ1) is 20.2.